The molecule has 0 aromatic carbocycles. The summed E-state index contributed by atoms with van der Waals surface area (Å²) in [5, 5.41) is 7.00. The molecule has 0 bridgehead atoms. The van der Waals surface area contributed by atoms with Crippen LogP contribution in [0.15, 0.2) is 29.5 Å². The van der Waals surface area contributed by atoms with E-state index in [1.165, 1.54) is 0 Å². The molecule has 6 heteroatoms. The largest absolute Gasteiger partial charge is 0.379 e. The molecule has 1 unspecified atom stereocenters. The van der Waals surface area contributed by atoms with Crippen molar-refractivity contribution in [1.29, 1.82) is 0 Å². The summed E-state index contributed by atoms with van der Waals surface area (Å²) in [6, 6.07) is 4.20. The van der Waals surface area contributed by atoms with E-state index >= 15 is 0 Å². The SMILES string of the molecule is c1cncc(C2NCCN=C2NCCN2CCOCC2)c1. The number of morpholine rings is 1. The van der Waals surface area contributed by atoms with E-state index in [2.05, 4.69) is 31.6 Å². The molecule has 1 atom stereocenters. The number of aromatic nitrogens is 1. The third-order valence-electron chi connectivity index (χ3n) is 3.87. The Labute approximate surface area is 125 Å². The van der Waals surface area contributed by atoms with Crippen molar-refractivity contribution in [3.63, 3.8) is 0 Å². The van der Waals surface area contributed by atoms with Crippen LogP contribution in [0, 0.1) is 0 Å². The smallest absolute Gasteiger partial charge is 0.118 e. The van der Waals surface area contributed by atoms with Crippen LogP contribution in [0.3, 0.4) is 0 Å². The van der Waals surface area contributed by atoms with E-state index in [9.17, 15) is 0 Å². The van der Waals surface area contributed by atoms with Crippen LogP contribution < -0.4 is 10.6 Å². The predicted molar refractivity (Wildman–Crippen MR) is 82.5 cm³/mol. The number of pyridine rings is 1. The summed E-state index contributed by atoms with van der Waals surface area (Å²) >= 11 is 0. The maximum absolute atomic E-state index is 5.37. The van der Waals surface area contributed by atoms with E-state index in [-0.39, 0.29) is 6.04 Å². The van der Waals surface area contributed by atoms with Crippen LogP contribution in [0.5, 0.6) is 0 Å². The lowest BCUT2D eigenvalue weighted by Crippen LogP contribution is -2.46. The van der Waals surface area contributed by atoms with Gasteiger partial charge in [0.2, 0.25) is 0 Å². The van der Waals surface area contributed by atoms with Crippen molar-refractivity contribution < 1.29 is 4.74 Å². The molecule has 2 aliphatic heterocycles. The van der Waals surface area contributed by atoms with Gasteiger partial charge in [-0.25, -0.2) is 0 Å². The second-order valence-electron chi connectivity index (χ2n) is 5.32. The molecular formula is C15H23N5O. The summed E-state index contributed by atoms with van der Waals surface area (Å²) in [5.74, 6) is 1.03. The maximum Gasteiger partial charge on any atom is 0.118 e. The highest BCUT2D eigenvalue weighted by Gasteiger charge is 2.20. The van der Waals surface area contributed by atoms with Gasteiger partial charge in [-0.1, -0.05) is 6.07 Å². The number of nitrogens with one attached hydrogen (secondary N) is 2. The average molecular weight is 289 g/mol. The lowest BCUT2D eigenvalue weighted by molar-refractivity contribution is 0.0389. The summed E-state index contributed by atoms with van der Waals surface area (Å²) in [7, 11) is 0. The van der Waals surface area contributed by atoms with Crippen molar-refractivity contribution in [2.75, 3.05) is 52.5 Å². The molecule has 0 saturated carbocycles. The number of amidine groups is 1. The second-order valence-corrected chi connectivity index (χ2v) is 5.32. The highest BCUT2D eigenvalue weighted by molar-refractivity contribution is 5.89. The lowest BCUT2D eigenvalue weighted by Gasteiger charge is -2.29. The number of ether oxygens (including phenoxy) is 1. The molecule has 114 valence electrons. The second kappa shape index (κ2) is 7.49. The van der Waals surface area contributed by atoms with E-state index in [0.29, 0.717) is 0 Å². The van der Waals surface area contributed by atoms with Crippen LogP contribution in [0.4, 0.5) is 0 Å². The molecule has 3 heterocycles. The van der Waals surface area contributed by atoms with E-state index in [1.54, 1.807) is 6.20 Å². The van der Waals surface area contributed by atoms with Crippen molar-refractivity contribution in [2.45, 2.75) is 6.04 Å². The highest BCUT2D eigenvalue weighted by Crippen LogP contribution is 2.14. The van der Waals surface area contributed by atoms with Gasteiger partial charge < -0.3 is 15.4 Å². The number of hydrogen-bond acceptors (Lipinski definition) is 6. The van der Waals surface area contributed by atoms with Crippen molar-refractivity contribution in [2.24, 2.45) is 4.99 Å². The van der Waals surface area contributed by atoms with Crippen molar-refractivity contribution in [1.82, 2.24) is 20.5 Å². The maximum atomic E-state index is 5.37. The molecule has 0 spiro atoms. The zero-order valence-corrected chi connectivity index (χ0v) is 12.3. The zero-order valence-electron chi connectivity index (χ0n) is 12.3. The molecule has 1 fully saturated rings. The van der Waals surface area contributed by atoms with Crippen molar-refractivity contribution in [3.05, 3.63) is 30.1 Å². The summed E-state index contributed by atoms with van der Waals surface area (Å²) in [6.45, 7) is 7.43. The van der Waals surface area contributed by atoms with Gasteiger partial charge in [0.1, 0.15) is 5.84 Å². The first kappa shape index (κ1) is 14.4. The Morgan fingerprint density at radius 3 is 3.10 bits per heavy atom. The van der Waals surface area contributed by atoms with Crippen molar-refractivity contribution in [3.8, 4) is 0 Å². The standard InChI is InChI=1S/C15H23N5O/c1-2-13(12-16-3-1)14-15(18-5-4-17-14)19-6-7-20-8-10-21-11-9-20/h1-3,12,14,17H,4-11H2,(H,18,19). The summed E-state index contributed by atoms with van der Waals surface area (Å²) < 4.78 is 5.37. The molecule has 3 rings (SSSR count). The normalized spacial score (nSPS) is 23.6. The molecule has 2 aliphatic rings. The molecule has 1 saturated heterocycles. The van der Waals surface area contributed by atoms with Gasteiger partial charge in [-0.2, -0.15) is 0 Å². The van der Waals surface area contributed by atoms with Gasteiger partial charge in [0, 0.05) is 45.1 Å². The monoisotopic (exact) mass is 289 g/mol. The summed E-state index contributed by atoms with van der Waals surface area (Å²) in [4.78, 5) is 11.3. The Bertz CT molecular complexity index is 458. The van der Waals surface area contributed by atoms with Gasteiger partial charge in [-0.15, -0.1) is 0 Å². The number of hydrogen-bond donors (Lipinski definition) is 2. The number of aliphatic imine (C=N–C) groups is 1. The van der Waals surface area contributed by atoms with E-state index in [1.807, 2.05) is 12.3 Å². The van der Waals surface area contributed by atoms with Crippen molar-refractivity contribution >= 4 is 5.84 Å². The minimum absolute atomic E-state index is 0.136. The quantitative estimate of drug-likeness (QED) is 0.820. The molecule has 0 radical (unpaired) electrons. The van der Waals surface area contributed by atoms with Crippen LogP contribution in [0.2, 0.25) is 0 Å². The highest BCUT2D eigenvalue weighted by atomic mass is 16.5. The Kier molecular flexibility index (Phi) is 5.15. The molecule has 0 aliphatic carbocycles. The molecular weight excluding hydrogens is 266 g/mol. The predicted octanol–water partition coefficient (Wildman–Crippen LogP) is 0.0462. The van der Waals surface area contributed by atoms with Gasteiger partial charge >= 0.3 is 0 Å². The molecule has 2 N–H and O–H groups in total. The summed E-state index contributed by atoms with van der Waals surface area (Å²) in [5.41, 5.74) is 1.16. The fraction of sp³-hybridized carbons (Fsp3) is 0.600. The molecule has 0 amide bonds. The first-order valence-corrected chi connectivity index (χ1v) is 7.65. The zero-order chi connectivity index (χ0) is 14.3. The molecule has 21 heavy (non-hydrogen) atoms. The molecule has 1 aromatic rings. The van der Waals surface area contributed by atoms with Crippen LogP contribution in [-0.4, -0.2) is 68.2 Å². The number of nitrogens with zero attached hydrogens (tertiary/aromatic N) is 3. The van der Waals surface area contributed by atoms with Gasteiger partial charge in [0.15, 0.2) is 0 Å². The van der Waals surface area contributed by atoms with E-state index in [0.717, 1.165) is 63.9 Å². The van der Waals surface area contributed by atoms with E-state index < -0.39 is 0 Å². The number of rotatable bonds is 4. The van der Waals surface area contributed by atoms with Gasteiger partial charge in [-0.3, -0.25) is 14.9 Å². The van der Waals surface area contributed by atoms with Gasteiger partial charge in [-0.05, 0) is 11.6 Å². The van der Waals surface area contributed by atoms with E-state index in [4.69, 9.17) is 4.74 Å². The third-order valence-corrected chi connectivity index (χ3v) is 3.87. The van der Waals surface area contributed by atoms with Crippen LogP contribution in [-0.2, 0) is 4.74 Å². The fourth-order valence-electron chi connectivity index (χ4n) is 2.72. The van der Waals surface area contributed by atoms with Crippen LogP contribution in [0.25, 0.3) is 0 Å². The van der Waals surface area contributed by atoms with Crippen LogP contribution in [0.1, 0.15) is 11.6 Å². The molecule has 1 aromatic heterocycles. The third kappa shape index (κ3) is 4.00. The Hall–Kier alpha value is -1.50. The fourth-order valence-corrected chi connectivity index (χ4v) is 2.72. The van der Waals surface area contributed by atoms with Crippen LogP contribution >= 0.6 is 0 Å². The average Bonchev–Trinajstić information content (AvgIpc) is 2.57. The topological polar surface area (TPSA) is 61.8 Å². The Morgan fingerprint density at radius 2 is 2.29 bits per heavy atom. The summed E-state index contributed by atoms with van der Waals surface area (Å²) in [6.07, 6.45) is 3.71. The minimum atomic E-state index is 0.136. The Balaban J connectivity index is 1.54. The molecule has 6 nitrogen and oxygen atoms in total. The van der Waals surface area contributed by atoms with Gasteiger partial charge in [0.25, 0.3) is 0 Å². The lowest BCUT2D eigenvalue weighted by atomic mass is 10.1. The minimum Gasteiger partial charge on any atom is -0.379 e. The van der Waals surface area contributed by atoms with Gasteiger partial charge in [0.05, 0.1) is 25.8 Å². The first-order valence-electron chi connectivity index (χ1n) is 7.65. The Morgan fingerprint density at radius 1 is 1.38 bits per heavy atom. The first-order chi connectivity index (χ1) is 10.4.